The van der Waals surface area contributed by atoms with Crippen LogP contribution in [-0.2, 0) is 22.4 Å². The maximum atomic E-state index is 13.5. The minimum atomic E-state index is -0.479. The van der Waals surface area contributed by atoms with Crippen LogP contribution in [0.25, 0.3) is 11.8 Å². The zero-order valence-corrected chi connectivity index (χ0v) is 20.1. The Hall–Kier alpha value is -3.51. The van der Waals surface area contributed by atoms with Gasteiger partial charge in [-0.25, -0.2) is 0 Å². The molecule has 4 rings (SSSR count). The third-order valence-corrected chi connectivity index (χ3v) is 6.37. The third-order valence-electron chi connectivity index (χ3n) is 6.09. The number of aryl methyl sites for hydroxylation is 3. The standard InChI is InChI=1S/C27H27N3O2S/c1-5-19-11-13-22(14-12-19)29-17(3)15-21(18(29)4)16-23-25(31)28-27(33)30(26(23)32)24-10-8-7-9-20(24)6-2/h7-16H,5-6H2,1-4H3,(H,28,31,33)/b23-16+. The van der Waals surface area contributed by atoms with E-state index in [0.717, 1.165) is 41.0 Å². The van der Waals surface area contributed by atoms with Gasteiger partial charge in [0.2, 0.25) is 0 Å². The van der Waals surface area contributed by atoms with E-state index in [1.54, 1.807) is 6.08 Å². The maximum absolute atomic E-state index is 13.5. The van der Waals surface area contributed by atoms with E-state index >= 15 is 0 Å². The molecule has 1 aliphatic heterocycles. The monoisotopic (exact) mass is 457 g/mol. The minimum absolute atomic E-state index is 0.0658. The zero-order chi connectivity index (χ0) is 23.7. The number of carbonyl (C=O) groups excluding carboxylic acids is 2. The Balaban J connectivity index is 1.76. The van der Waals surface area contributed by atoms with Gasteiger partial charge in [-0.2, -0.15) is 0 Å². The predicted octanol–water partition coefficient (Wildman–Crippen LogP) is 5.05. The van der Waals surface area contributed by atoms with Crippen LogP contribution >= 0.6 is 12.2 Å². The lowest BCUT2D eigenvalue weighted by Crippen LogP contribution is -2.54. The fraction of sp³-hybridized carbons (Fsp3) is 0.222. The number of hydrogen-bond acceptors (Lipinski definition) is 3. The summed E-state index contributed by atoms with van der Waals surface area (Å²) in [4.78, 5) is 27.7. The van der Waals surface area contributed by atoms with Gasteiger partial charge in [-0.15, -0.1) is 0 Å². The molecule has 0 aliphatic carbocycles. The average Bonchev–Trinajstić information content (AvgIpc) is 3.09. The lowest BCUT2D eigenvalue weighted by atomic mass is 10.0. The Bertz CT molecular complexity index is 1290. The Morgan fingerprint density at radius 1 is 0.970 bits per heavy atom. The number of thiocarbonyl (C=S) groups is 1. The molecule has 0 bridgehead atoms. The molecule has 1 saturated heterocycles. The van der Waals surface area contributed by atoms with Crippen LogP contribution in [0.4, 0.5) is 5.69 Å². The summed E-state index contributed by atoms with van der Waals surface area (Å²) in [5, 5.41) is 2.79. The summed E-state index contributed by atoms with van der Waals surface area (Å²) in [6.45, 7) is 8.16. The number of aromatic nitrogens is 1. The van der Waals surface area contributed by atoms with Crippen molar-refractivity contribution in [3.8, 4) is 5.69 Å². The maximum Gasteiger partial charge on any atom is 0.270 e. The van der Waals surface area contributed by atoms with Gasteiger partial charge in [0, 0.05) is 17.1 Å². The smallest absolute Gasteiger partial charge is 0.270 e. The highest BCUT2D eigenvalue weighted by Gasteiger charge is 2.35. The van der Waals surface area contributed by atoms with Gasteiger partial charge in [0.15, 0.2) is 5.11 Å². The van der Waals surface area contributed by atoms with Crippen molar-refractivity contribution in [1.29, 1.82) is 0 Å². The zero-order valence-electron chi connectivity index (χ0n) is 19.3. The Morgan fingerprint density at radius 2 is 1.67 bits per heavy atom. The molecule has 5 nitrogen and oxygen atoms in total. The van der Waals surface area contributed by atoms with Crippen molar-refractivity contribution in [3.05, 3.63) is 88.2 Å². The van der Waals surface area contributed by atoms with Crippen molar-refractivity contribution in [2.45, 2.75) is 40.5 Å². The van der Waals surface area contributed by atoms with Crippen molar-refractivity contribution in [2.24, 2.45) is 0 Å². The van der Waals surface area contributed by atoms with Crippen molar-refractivity contribution in [1.82, 2.24) is 9.88 Å². The van der Waals surface area contributed by atoms with Crippen LogP contribution in [0.3, 0.4) is 0 Å². The molecule has 33 heavy (non-hydrogen) atoms. The number of anilines is 1. The van der Waals surface area contributed by atoms with Crippen molar-refractivity contribution < 1.29 is 9.59 Å². The van der Waals surface area contributed by atoms with Gasteiger partial charge in [-0.3, -0.25) is 19.8 Å². The van der Waals surface area contributed by atoms with E-state index < -0.39 is 11.8 Å². The molecule has 1 N–H and O–H groups in total. The highest BCUT2D eigenvalue weighted by Crippen LogP contribution is 2.28. The number of hydrogen-bond donors (Lipinski definition) is 1. The summed E-state index contributed by atoms with van der Waals surface area (Å²) in [5.41, 5.74) is 6.87. The molecule has 0 atom stereocenters. The van der Waals surface area contributed by atoms with Gasteiger partial charge in [-0.1, -0.05) is 44.2 Å². The molecule has 168 valence electrons. The van der Waals surface area contributed by atoms with Crippen LogP contribution in [0.1, 0.15) is 41.9 Å². The number of benzene rings is 2. The van der Waals surface area contributed by atoms with E-state index in [2.05, 4.69) is 41.1 Å². The minimum Gasteiger partial charge on any atom is -0.318 e. The average molecular weight is 458 g/mol. The summed E-state index contributed by atoms with van der Waals surface area (Å²) >= 11 is 5.37. The molecule has 1 aromatic heterocycles. The van der Waals surface area contributed by atoms with E-state index in [-0.39, 0.29) is 10.7 Å². The van der Waals surface area contributed by atoms with Gasteiger partial charge >= 0.3 is 0 Å². The quantitative estimate of drug-likeness (QED) is 0.331. The molecule has 6 heteroatoms. The van der Waals surface area contributed by atoms with Crippen LogP contribution in [0.5, 0.6) is 0 Å². The largest absolute Gasteiger partial charge is 0.318 e. The van der Waals surface area contributed by atoms with E-state index in [1.165, 1.54) is 10.5 Å². The SMILES string of the molecule is CCc1ccc(-n2c(C)cc(/C=C3\C(=O)NC(=S)N(c4ccccc4CC)C3=O)c2C)cc1. The molecule has 2 amide bonds. The van der Waals surface area contributed by atoms with Gasteiger partial charge in [-0.05, 0) is 85.9 Å². The van der Waals surface area contributed by atoms with E-state index in [4.69, 9.17) is 12.2 Å². The molecule has 0 unspecified atom stereocenters. The van der Waals surface area contributed by atoms with Crippen LogP contribution < -0.4 is 10.2 Å². The van der Waals surface area contributed by atoms with Gasteiger partial charge < -0.3 is 4.57 Å². The van der Waals surface area contributed by atoms with Gasteiger partial charge in [0.1, 0.15) is 5.57 Å². The summed E-state index contributed by atoms with van der Waals surface area (Å²) in [5.74, 6) is -0.894. The normalized spacial score (nSPS) is 15.3. The number of nitrogens with one attached hydrogen (secondary N) is 1. The fourth-order valence-electron chi connectivity index (χ4n) is 4.27. The summed E-state index contributed by atoms with van der Waals surface area (Å²) in [7, 11) is 0. The summed E-state index contributed by atoms with van der Waals surface area (Å²) in [6, 6.07) is 18.0. The van der Waals surface area contributed by atoms with Gasteiger partial charge in [0.05, 0.1) is 5.69 Å². The van der Waals surface area contributed by atoms with E-state index in [9.17, 15) is 9.59 Å². The summed E-state index contributed by atoms with van der Waals surface area (Å²) in [6.07, 6.45) is 3.39. The first kappa shape index (κ1) is 22.7. The first-order valence-electron chi connectivity index (χ1n) is 11.1. The molecule has 0 radical (unpaired) electrons. The van der Waals surface area contributed by atoms with E-state index in [0.29, 0.717) is 5.69 Å². The second-order valence-corrected chi connectivity index (χ2v) is 8.51. The van der Waals surface area contributed by atoms with Crippen LogP contribution in [0.15, 0.2) is 60.2 Å². The summed E-state index contributed by atoms with van der Waals surface area (Å²) < 4.78 is 2.13. The molecule has 1 aliphatic rings. The number of rotatable bonds is 5. The Labute approximate surface area is 199 Å². The Kier molecular flexibility index (Phi) is 6.29. The number of amides is 2. The molecular weight excluding hydrogens is 430 g/mol. The number of para-hydroxylation sites is 1. The number of nitrogens with zero attached hydrogens (tertiary/aromatic N) is 2. The van der Waals surface area contributed by atoms with Crippen molar-refractivity contribution in [2.75, 3.05) is 4.90 Å². The van der Waals surface area contributed by atoms with Crippen LogP contribution in [0.2, 0.25) is 0 Å². The highest BCUT2D eigenvalue weighted by molar-refractivity contribution is 7.80. The fourth-order valence-corrected chi connectivity index (χ4v) is 4.55. The molecule has 1 fully saturated rings. The van der Waals surface area contributed by atoms with Crippen molar-refractivity contribution in [3.63, 3.8) is 0 Å². The van der Waals surface area contributed by atoms with Crippen LogP contribution in [0, 0.1) is 13.8 Å². The second kappa shape index (κ2) is 9.16. The first-order chi connectivity index (χ1) is 15.8. The van der Waals surface area contributed by atoms with Crippen molar-refractivity contribution >= 4 is 40.9 Å². The molecule has 2 heterocycles. The molecule has 3 aromatic rings. The lowest BCUT2D eigenvalue weighted by Gasteiger charge is -2.30. The van der Waals surface area contributed by atoms with Gasteiger partial charge in [0.25, 0.3) is 11.8 Å². The lowest BCUT2D eigenvalue weighted by molar-refractivity contribution is -0.122. The van der Waals surface area contributed by atoms with Crippen LogP contribution in [-0.4, -0.2) is 21.5 Å². The molecule has 0 spiro atoms. The molecule has 2 aromatic carbocycles. The molecular formula is C27H27N3O2S. The first-order valence-corrected chi connectivity index (χ1v) is 11.5. The predicted molar refractivity (Wildman–Crippen MR) is 137 cm³/mol. The topological polar surface area (TPSA) is 54.3 Å². The van der Waals surface area contributed by atoms with E-state index in [1.807, 2.05) is 51.1 Å². The highest BCUT2D eigenvalue weighted by atomic mass is 32.1. The molecule has 0 saturated carbocycles. The second-order valence-electron chi connectivity index (χ2n) is 8.12. The Morgan fingerprint density at radius 3 is 2.33 bits per heavy atom. The number of carbonyl (C=O) groups is 2. The third kappa shape index (κ3) is 4.14.